The number of phenols is 1. The Labute approximate surface area is 154 Å². The molecule has 3 aromatic carbocycles. The predicted molar refractivity (Wildman–Crippen MR) is 106 cm³/mol. The average molecular weight is 345 g/mol. The zero-order valence-corrected chi connectivity index (χ0v) is 15.1. The monoisotopic (exact) mass is 345 g/mol. The highest BCUT2D eigenvalue weighted by Crippen LogP contribution is 2.34. The van der Waals surface area contributed by atoms with E-state index in [0.717, 1.165) is 27.9 Å². The molecule has 0 aliphatic heterocycles. The number of phenolic OH excluding ortho intramolecular Hbond substituents is 1. The summed E-state index contributed by atoms with van der Waals surface area (Å²) in [6, 6.07) is 23.2. The van der Waals surface area contributed by atoms with Gasteiger partial charge in [-0.15, -0.1) is 0 Å². The number of aryl methyl sites for hydroxylation is 2. The first kappa shape index (κ1) is 17.7. The van der Waals surface area contributed by atoms with Gasteiger partial charge in [0.15, 0.2) is 0 Å². The summed E-state index contributed by atoms with van der Waals surface area (Å²) < 4.78 is 0. The lowest BCUT2D eigenvalue weighted by Crippen LogP contribution is -2.17. The molecule has 3 rings (SSSR count). The summed E-state index contributed by atoms with van der Waals surface area (Å²) in [6.07, 6.45) is 0.259. The van der Waals surface area contributed by atoms with Gasteiger partial charge in [-0.3, -0.25) is 4.79 Å². The lowest BCUT2D eigenvalue weighted by atomic mass is 9.87. The number of hydrogen-bond donors (Lipinski definition) is 2. The molecule has 2 N–H and O–H groups in total. The van der Waals surface area contributed by atoms with Crippen molar-refractivity contribution in [3.63, 3.8) is 0 Å². The van der Waals surface area contributed by atoms with Crippen LogP contribution in [-0.2, 0) is 4.79 Å². The van der Waals surface area contributed by atoms with Gasteiger partial charge >= 0.3 is 0 Å². The highest BCUT2D eigenvalue weighted by atomic mass is 16.3. The van der Waals surface area contributed by atoms with Crippen LogP contribution in [0.5, 0.6) is 5.75 Å². The molecule has 1 atom stereocenters. The number of carbonyl (C=O) groups excluding carboxylic acids is 1. The number of anilines is 1. The molecule has 0 unspecified atom stereocenters. The van der Waals surface area contributed by atoms with E-state index in [1.807, 2.05) is 80.6 Å². The van der Waals surface area contributed by atoms with Crippen LogP contribution < -0.4 is 5.32 Å². The van der Waals surface area contributed by atoms with Gasteiger partial charge in [-0.25, -0.2) is 0 Å². The first-order valence-electron chi connectivity index (χ1n) is 8.74. The minimum atomic E-state index is -0.208. The molecule has 0 saturated heterocycles. The highest BCUT2D eigenvalue weighted by molar-refractivity contribution is 5.92. The lowest BCUT2D eigenvalue weighted by molar-refractivity contribution is -0.116. The maximum Gasteiger partial charge on any atom is 0.225 e. The third-order valence-electron chi connectivity index (χ3n) is 4.57. The highest BCUT2D eigenvalue weighted by Gasteiger charge is 2.21. The van der Waals surface area contributed by atoms with E-state index in [1.165, 1.54) is 0 Å². The minimum Gasteiger partial charge on any atom is -0.508 e. The summed E-state index contributed by atoms with van der Waals surface area (Å²) in [5.41, 5.74) is 4.60. The van der Waals surface area contributed by atoms with Crippen molar-refractivity contribution < 1.29 is 9.90 Å². The van der Waals surface area contributed by atoms with E-state index < -0.39 is 0 Å². The van der Waals surface area contributed by atoms with Crippen molar-refractivity contribution >= 4 is 11.6 Å². The normalized spacial score (nSPS) is 11.8. The molecule has 0 fully saturated rings. The summed E-state index contributed by atoms with van der Waals surface area (Å²) in [7, 11) is 0. The number of benzene rings is 3. The smallest absolute Gasteiger partial charge is 0.225 e. The SMILES string of the molecule is Cc1ccc([C@H](CC(=O)Nc2ccccc2C)c2ccccc2)c(O)c1. The van der Waals surface area contributed by atoms with Gasteiger partial charge in [-0.2, -0.15) is 0 Å². The minimum absolute atomic E-state index is 0.0758. The number of nitrogens with one attached hydrogen (secondary N) is 1. The number of hydrogen-bond acceptors (Lipinski definition) is 2. The maximum absolute atomic E-state index is 12.7. The van der Waals surface area contributed by atoms with Gasteiger partial charge in [0, 0.05) is 23.6 Å². The second kappa shape index (κ2) is 7.87. The van der Waals surface area contributed by atoms with Crippen molar-refractivity contribution in [1.29, 1.82) is 0 Å². The number of para-hydroxylation sites is 1. The van der Waals surface area contributed by atoms with Crippen molar-refractivity contribution in [2.75, 3.05) is 5.32 Å². The van der Waals surface area contributed by atoms with Crippen LogP contribution in [0, 0.1) is 13.8 Å². The first-order valence-corrected chi connectivity index (χ1v) is 8.74. The molecule has 3 nitrogen and oxygen atoms in total. The largest absolute Gasteiger partial charge is 0.508 e. The molecular formula is C23H23NO2. The van der Waals surface area contributed by atoms with Crippen molar-refractivity contribution in [1.82, 2.24) is 0 Å². The Balaban J connectivity index is 1.89. The first-order chi connectivity index (χ1) is 12.5. The van der Waals surface area contributed by atoms with E-state index >= 15 is 0 Å². The van der Waals surface area contributed by atoms with Crippen LogP contribution >= 0.6 is 0 Å². The zero-order valence-electron chi connectivity index (χ0n) is 15.1. The van der Waals surface area contributed by atoms with Crippen LogP contribution in [0.25, 0.3) is 0 Å². The van der Waals surface area contributed by atoms with Crippen LogP contribution in [0.1, 0.15) is 34.6 Å². The summed E-state index contributed by atoms with van der Waals surface area (Å²) >= 11 is 0. The molecule has 0 aromatic heterocycles. The number of amides is 1. The Morgan fingerprint density at radius 3 is 2.35 bits per heavy atom. The molecule has 0 radical (unpaired) electrons. The van der Waals surface area contributed by atoms with Crippen molar-refractivity contribution in [3.8, 4) is 5.75 Å². The van der Waals surface area contributed by atoms with E-state index in [9.17, 15) is 9.90 Å². The second-order valence-corrected chi connectivity index (χ2v) is 6.59. The number of carbonyl (C=O) groups is 1. The van der Waals surface area contributed by atoms with E-state index in [2.05, 4.69) is 5.32 Å². The maximum atomic E-state index is 12.7. The Morgan fingerprint density at radius 1 is 0.962 bits per heavy atom. The third-order valence-corrected chi connectivity index (χ3v) is 4.57. The van der Waals surface area contributed by atoms with Crippen LogP contribution in [-0.4, -0.2) is 11.0 Å². The summed E-state index contributed by atoms with van der Waals surface area (Å²) in [5, 5.41) is 13.4. The quantitative estimate of drug-likeness (QED) is 0.670. The fourth-order valence-corrected chi connectivity index (χ4v) is 3.14. The summed E-state index contributed by atoms with van der Waals surface area (Å²) in [6.45, 7) is 3.90. The molecule has 1 amide bonds. The molecule has 0 aliphatic carbocycles. The molecule has 0 saturated carbocycles. The van der Waals surface area contributed by atoms with E-state index in [-0.39, 0.29) is 24.0 Å². The topological polar surface area (TPSA) is 49.3 Å². The van der Waals surface area contributed by atoms with Gasteiger partial charge in [-0.05, 0) is 42.7 Å². The molecule has 26 heavy (non-hydrogen) atoms. The molecular weight excluding hydrogens is 322 g/mol. The molecule has 3 aromatic rings. The van der Waals surface area contributed by atoms with Crippen LogP contribution in [0.15, 0.2) is 72.8 Å². The van der Waals surface area contributed by atoms with Gasteiger partial charge in [-0.1, -0.05) is 60.7 Å². The number of aromatic hydroxyl groups is 1. The Kier molecular flexibility index (Phi) is 5.37. The third kappa shape index (κ3) is 4.12. The van der Waals surface area contributed by atoms with Gasteiger partial charge in [0.25, 0.3) is 0 Å². The molecule has 0 aliphatic rings. The van der Waals surface area contributed by atoms with Gasteiger partial charge < -0.3 is 10.4 Å². The van der Waals surface area contributed by atoms with Gasteiger partial charge in [0.2, 0.25) is 5.91 Å². The standard InChI is InChI=1S/C23H23NO2/c1-16-12-13-19(22(25)14-16)20(18-9-4-3-5-10-18)15-23(26)24-21-11-7-6-8-17(21)2/h3-14,20,25H,15H2,1-2H3,(H,24,26)/t20-/m1/s1. The molecule has 3 heteroatoms. The zero-order chi connectivity index (χ0) is 18.5. The van der Waals surface area contributed by atoms with Crippen LogP contribution in [0.4, 0.5) is 5.69 Å². The van der Waals surface area contributed by atoms with Crippen molar-refractivity contribution in [3.05, 3.63) is 95.1 Å². The van der Waals surface area contributed by atoms with Crippen molar-refractivity contribution in [2.45, 2.75) is 26.2 Å². The Hall–Kier alpha value is -3.07. The fourth-order valence-electron chi connectivity index (χ4n) is 3.14. The average Bonchev–Trinajstić information content (AvgIpc) is 2.63. The van der Waals surface area contributed by atoms with E-state index in [1.54, 1.807) is 6.07 Å². The second-order valence-electron chi connectivity index (χ2n) is 6.59. The Bertz CT molecular complexity index is 903. The van der Waals surface area contributed by atoms with E-state index in [4.69, 9.17) is 0 Å². The Morgan fingerprint density at radius 2 is 1.65 bits per heavy atom. The molecule has 0 heterocycles. The van der Waals surface area contributed by atoms with Crippen LogP contribution in [0.2, 0.25) is 0 Å². The predicted octanol–water partition coefficient (Wildman–Crippen LogP) is 5.17. The molecule has 132 valence electrons. The van der Waals surface area contributed by atoms with Gasteiger partial charge in [0.05, 0.1) is 0 Å². The number of rotatable bonds is 5. The van der Waals surface area contributed by atoms with Crippen molar-refractivity contribution in [2.24, 2.45) is 0 Å². The summed E-state index contributed by atoms with van der Waals surface area (Å²) in [4.78, 5) is 12.7. The fraction of sp³-hybridized carbons (Fsp3) is 0.174. The molecule has 0 spiro atoms. The van der Waals surface area contributed by atoms with Gasteiger partial charge in [0.1, 0.15) is 5.75 Å². The van der Waals surface area contributed by atoms with E-state index in [0.29, 0.717) is 0 Å². The van der Waals surface area contributed by atoms with Crippen LogP contribution in [0.3, 0.4) is 0 Å². The molecule has 0 bridgehead atoms. The summed E-state index contributed by atoms with van der Waals surface area (Å²) in [5.74, 6) is -0.0588. The lowest BCUT2D eigenvalue weighted by Gasteiger charge is -2.19.